The molecule has 0 radical (unpaired) electrons. The number of aryl methyl sites for hydroxylation is 1. The number of nitrogens with one attached hydrogen (secondary N) is 2. The summed E-state index contributed by atoms with van der Waals surface area (Å²) in [6, 6.07) is 14.1. The van der Waals surface area contributed by atoms with E-state index in [4.69, 9.17) is 0 Å². The predicted molar refractivity (Wildman–Crippen MR) is 105 cm³/mol. The Morgan fingerprint density at radius 3 is 2.31 bits per heavy atom. The molecule has 0 bridgehead atoms. The monoisotopic (exact) mass is 375 g/mol. The lowest BCUT2D eigenvalue weighted by Gasteiger charge is -2.19. The molecule has 0 aliphatic heterocycles. The van der Waals surface area contributed by atoms with Gasteiger partial charge in [0, 0.05) is 24.5 Å². The second-order valence-corrected chi connectivity index (χ2v) is 7.77. The summed E-state index contributed by atoms with van der Waals surface area (Å²) in [6.45, 7) is 6.35. The van der Waals surface area contributed by atoms with Crippen molar-refractivity contribution >= 4 is 27.3 Å². The maximum Gasteiger partial charge on any atom is 0.243 e. The molecule has 0 fully saturated rings. The first-order valence-corrected chi connectivity index (χ1v) is 10.0. The van der Waals surface area contributed by atoms with Gasteiger partial charge in [-0.2, -0.15) is 4.31 Å². The summed E-state index contributed by atoms with van der Waals surface area (Å²) in [6.07, 6.45) is 0. The van der Waals surface area contributed by atoms with E-state index in [2.05, 4.69) is 10.6 Å². The highest BCUT2D eigenvalue weighted by atomic mass is 32.2. The number of rotatable bonds is 8. The molecule has 0 spiro atoms. The van der Waals surface area contributed by atoms with Crippen LogP contribution in [0.4, 0.5) is 11.4 Å². The predicted octanol–water partition coefficient (Wildman–Crippen LogP) is 3.08. The lowest BCUT2D eigenvalue weighted by Crippen LogP contribution is -2.30. The van der Waals surface area contributed by atoms with Crippen molar-refractivity contribution in [2.24, 2.45) is 0 Å². The topological polar surface area (TPSA) is 78.5 Å². The van der Waals surface area contributed by atoms with Crippen LogP contribution in [0.1, 0.15) is 19.4 Å². The van der Waals surface area contributed by atoms with E-state index in [1.165, 1.54) is 4.31 Å². The quantitative estimate of drug-likeness (QED) is 0.743. The smallest absolute Gasteiger partial charge is 0.243 e. The van der Waals surface area contributed by atoms with Crippen LogP contribution in [0.25, 0.3) is 0 Å². The number of para-hydroxylation sites is 1. The summed E-state index contributed by atoms with van der Waals surface area (Å²) in [5, 5.41) is 5.81. The third-order valence-corrected chi connectivity index (χ3v) is 6.10. The number of carbonyl (C=O) groups excluding carboxylic acids is 1. The minimum atomic E-state index is -3.53. The first-order chi connectivity index (χ1) is 12.4. The molecule has 6 nitrogen and oxygen atoms in total. The van der Waals surface area contributed by atoms with Crippen LogP contribution in [0.3, 0.4) is 0 Å². The van der Waals surface area contributed by atoms with Crippen LogP contribution in [0, 0.1) is 6.92 Å². The number of amides is 1. The summed E-state index contributed by atoms with van der Waals surface area (Å²) in [5.74, 6) is -0.201. The maximum atomic E-state index is 12.7. The largest absolute Gasteiger partial charge is 0.376 e. The molecule has 0 aromatic heterocycles. The van der Waals surface area contributed by atoms with E-state index >= 15 is 0 Å². The number of sulfonamides is 1. The van der Waals surface area contributed by atoms with Gasteiger partial charge in [0.2, 0.25) is 15.9 Å². The SMILES string of the molecule is CCN(CC)S(=O)(=O)c1ccc(C)c(NCC(=O)Nc2ccccc2)c1. The minimum Gasteiger partial charge on any atom is -0.376 e. The van der Waals surface area contributed by atoms with E-state index in [0.29, 0.717) is 24.5 Å². The van der Waals surface area contributed by atoms with Gasteiger partial charge < -0.3 is 10.6 Å². The molecule has 0 aliphatic rings. The number of anilines is 2. The second-order valence-electron chi connectivity index (χ2n) is 5.83. The third-order valence-electron chi connectivity index (χ3n) is 4.05. The molecule has 2 aromatic rings. The summed E-state index contributed by atoms with van der Waals surface area (Å²) < 4.78 is 26.7. The van der Waals surface area contributed by atoms with Crippen molar-refractivity contribution in [1.82, 2.24) is 4.31 Å². The van der Waals surface area contributed by atoms with E-state index < -0.39 is 10.0 Å². The Labute approximate surface area is 155 Å². The van der Waals surface area contributed by atoms with Gasteiger partial charge in [-0.15, -0.1) is 0 Å². The number of benzene rings is 2. The van der Waals surface area contributed by atoms with E-state index in [1.54, 1.807) is 30.3 Å². The molecule has 2 aromatic carbocycles. The van der Waals surface area contributed by atoms with Gasteiger partial charge in [-0.05, 0) is 36.8 Å². The number of hydrogen-bond donors (Lipinski definition) is 2. The normalized spacial score (nSPS) is 11.4. The minimum absolute atomic E-state index is 0.0461. The van der Waals surface area contributed by atoms with Crippen molar-refractivity contribution < 1.29 is 13.2 Å². The van der Waals surface area contributed by atoms with Crippen molar-refractivity contribution in [1.29, 1.82) is 0 Å². The highest BCUT2D eigenvalue weighted by Gasteiger charge is 2.22. The van der Waals surface area contributed by atoms with Gasteiger partial charge in [-0.25, -0.2) is 8.42 Å². The van der Waals surface area contributed by atoms with Gasteiger partial charge in [0.05, 0.1) is 11.4 Å². The fourth-order valence-corrected chi connectivity index (χ4v) is 4.05. The number of hydrogen-bond acceptors (Lipinski definition) is 4. The van der Waals surface area contributed by atoms with Crippen molar-refractivity contribution in [2.75, 3.05) is 30.3 Å². The van der Waals surface area contributed by atoms with Crippen molar-refractivity contribution in [3.63, 3.8) is 0 Å². The molecule has 0 atom stereocenters. The van der Waals surface area contributed by atoms with Gasteiger partial charge in [0.1, 0.15) is 0 Å². The number of carbonyl (C=O) groups is 1. The molecule has 0 unspecified atom stereocenters. The first kappa shape index (κ1) is 19.9. The van der Waals surface area contributed by atoms with Gasteiger partial charge >= 0.3 is 0 Å². The van der Waals surface area contributed by atoms with Crippen molar-refractivity contribution in [2.45, 2.75) is 25.7 Å². The Kier molecular flexibility index (Phi) is 6.76. The van der Waals surface area contributed by atoms with Gasteiger partial charge in [-0.1, -0.05) is 38.1 Å². The van der Waals surface area contributed by atoms with Crippen LogP contribution in [0.5, 0.6) is 0 Å². The van der Waals surface area contributed by atoms with Crippen molar-refractivity contribution in [3.8, 4) is 0 Å². The summed E-state index contributed by atoms with van der Waals surface area (Å²) >= 11 is 0. The molecule has 2 rings (SSSR count). The van der Waals surface area contributed by atoms with Gasteiger partial charge in [0.25, 0.3) is 0 Å². The Hall–Kier alpha value is -2.38. The fourth-order valence-electron chi connectivity index (χ4n) is 2.57. The highest BCUT2D eigenvalue weighted by Crippen LogP contribution is 2.23. The third kappa shape index (κ3) is 4.83. The molecule has 2 N–H and O–H groups in total. The molecule has 0 saturated heterocycles. The van der Waals surface area contributed by atoms with Gasteiger partial charge in [-0.3, -0.25) is 4.79 Å². The van der Waals surface area contributed by atoms with Gasteiger partial charge in [0.15, 0.2) is 0 Å². The van der Waals surface area contributed by atoms with E-state index in [0.717, 1.165) is 5.56 Å². The lowest BCUT2D eigenvalue weighted by atomic mass is 10.2. The van der Waals surface area contributed by atoms with Crippen LogP contribution >= 0.6 is 0 Å². The van der Waals surface area contributed by atoms with Crippen LogP contribution in [0.15, 0.2) is 53.4 Å². The Balaban J connectivity index is 2.11. The second kappa shape index (κ2) is 8.82. The molecular weight excluding hydrogens is 350 g/mol. The van der Waals surface area contributed by atoms with Crippen LogP contribution in [0.2, 0.25) is 0 Å². The van der Waals surface area contributed by atoms with Crippen LogP contribution in [-0.2, 0) is 14.8 Å². The summed E-state index contributed by atoms with van der Waals surface area (Å²) in [5.41, 5.74) is 2.21. The molecule has 7 heteroatoms. The zero-order chi connectivity index (χ0) is 19.2. The Bertz CT molecular complexity index is 848. The summed E-state index contributed by atoms with van der Waals surface area (Å²) in [7, 11) is -3.53. The first-order valence-electron chi connectivity index (χ1n) is 8.58. The zero-order valence-electron chi connectivity index (χ0n) is 15.3. The fraction of sp³-hybridized carbons (Fsp3) is 0.316. The molecule has 0 heterocycles. The lowest BCUT2D eigenvalue weighted by molar-refractivity contribution is -0.114. The molecule has 0 aliphatic carbocycles. The van der Waals surface area contributed by atoms with E-state index in [-0.39, 0.29) is 17.3 Å². The highest BCUT2D eigenvalue weighted by molar-refractivity contribution is 7.89. The standard InChI is InChI=1S/C19H25N3O3S/c1-4-22(5-2)26(24,25)17-12-11-15(3)18(13-17)20-14-19(23)21-16-9-7-6-8-10-16/h6-13,20H,4-5,14H2,1-3H3,(H,21,23). The van der Waals surface area contributed by atoms with Crippen LogP contribution < -0.4 is 10.6 Å². The Morgan fingerprint density at radius 1 is 1.04 bits per heavy atom. The molecule has 26 heavy (non-hydrogen) atoms. The molecule has 1 amide bonds. The summed E-state index contributed by atoms with van der Waals surface area (Å²) in [4.78, 5) is 12.3. The van der Waals surface area contributed by atoms with E-state index in [9.17, 15) is 13.2 Å². The molecular formula is C19H25N3O3S. The maximum absolute atomic E-state index is 12.7. The molecule has 140 valence electrons. The average Bonchev–Trinajstić information content (AvgIpc) is 2.62. The zero-order valence-corrected chi connectivity index (χ0v) is 16.1. The van der Waals surface area contributed by atoms with Crippen LogP contribution in [-0.4, -0.2) is 38.3 Å². The molecule has 0 saturated carbocycles. The number of nitrogens with zero attached hydrogens (tertiary/aromatic N) is 1. The van der Waals surface area contributed by atoms with E-state index in [1.807, 2.05) is 39.0 Å². The van der Waals surface area contributed by atoms with Crippen molar-refractivity contribution in [3.05, 3.63) is 54.1 Å². The average molecular weight is 375 g/mol. The Morgan fingerprint density at radius 2 is 1.69 bits per heavy atom.